The van der Waals surface area contributed by atoms with Crippen LogP contribution in [0.2, 0.25) is 5.02 Å². The van der Waals surface area contributed by atoms with Crippen LogP contribution in [0.25, 0.3) is 0 Å². The minimum atomic E-state index is -0.354. The van der Waals surface area contributed by atoms with E-state index in [0.29, 0.717) is 27.6 Å². The number of nitrogens with zero attached hydrogens (tertiary/aromatic N) is 1. The smallest absolute Gasteiger partial charge is 0.146 e. The molecule has 0 aliphatic rings. The van der Waals surface area contributed by atoms with Gasteiger partial charge in [0.05, 0.1) is 5.56 Å². The van der Waals surface area contributed by atoms with Crippen molar-refractivity contribution in [3.8, 4) is 17.6 Å². The fourth-order valence-electron chi connectivity index (χ4n) is 1.44. The highest BCUT2D eigenvalue weighted by molar-refractivity contribution is 6.30. The molecule has 0 unspecified atom stereocenters. The summed E-state index contributed by atoms with van der Waals surface area (Å²) in [6, 6.07) is 11.2. The molecule has 0 heterocycles. The fraction of sp³-hybridized carbons (Fsp3) is 0.0714. The molecule has 0 aromatic heterocycles. The van der Waals surface area contributed by atoms with Crippen molar-refractivity contribution >= 4 is 11.6 Å². The Morgan fingerprint density at radius 1 is 1.22 bits per heavy atom. The van der Waals surface area contributed by atoms with E-state index in [0.717, 1.165) is 0 Å². The maximum absolute atomic E-state index is 13.4. The molecule has 0 saturated heterocycles. The van der Waals surface area contributed by atoms with Crippen molar-refractivity contribution in [2.45, 2.75) is 6.92 Å². The Hall–Kier alpha value is -2.05. The molecule has 0 fully saturated rings. The summed E-state index contributed by atoms with van der Waals surface area (Å²) in [6.45, 7) is 1.67. The predicted molar refractivity (Wildman–Crippen MR) is 67.4 cm³/mol. The Bertz CT molecular complexity index is 634. The molecule has 0 atom stereocenters. The fourth-order valence-corrected chi connectivity index (χ4v) is 1.60. The van der Waals surface area contributed by atoms with Gasteiger partial charge in [0.25, 0.3) is 0 Å². The van der Waals surface area contributed by atoms with Crippen LogP contribution in [0, 0.1) is 24.1 Å². The van der Waals surface area contributed by atoms with Crippen molar-refractivity contribution in [1.82, 2.24) is 0 Å². The maximum atomic E-state index is 13.4. The normalized spacial score (nSPS) is 9.89. The summed E-state index contributed by atoms with van der Waals surface area (Å²) in [4.78, 5) is 0. The summed E-state index contributed by atoms with van der Waals surface area (Å²) >= 11 is 5.83. The summed E-state index contributed by atoms with van der Waals surface area (Å²) in [7, 11) is 0. The van der Waals surface area contributed by atoms with E-state index in [1.807, 2.05) is 6.07 Å². The topological polar surface area (TPSA) is 33.0 Å². The van der Waals surface area contributed by atoms with Crippen LogP contribution >= 0.6 is 11.6 Å². The predicted octanol–water partition coefficient (Wildman–Crippen LogP) is 4.45. The largest absolute Gasteiger partial charge is 0.456 e. The van der Waals surface area contributed by atoms with Crippen LogP contribution in [-0.2, 0) is 0 Å². The van der Waals surface area contributed by atoms with Gasteiger partial charge in [0.15, 0.2) is 0 Å². The second-order valence-corrected chi connectivity index (χ2v) is 4.20. The van der Waals surface area contributed by atoms with E-state index in [1.54, 1.807) is 31.2 Å². The third-order valence-corrected chi connectivity index (χ3v) is 2.67. The molecule has 2 rings (SSSR count). The van der Waals surface area contributed by atoms with Gasteiger partial charge in [-0.15, -0.1) is 0 Å². The van der Waals surface area contributed by atoms with E-state index in [9.17, 15) is 4.39 Å². The molecule has 0 N–H and O–H groups in total. The summed E-state index contributed by atoms with van der Waals surface area (Å²) in [5.41, 5.74) is 0.884. The summed E-state index contributed by atoms with van der Waals surface area (Å²) in [5.74, 6) is 0.290. The lowest BCUT2D eigenvalue weighted by molar-refractivity contribution is 0.474. The first-order chi connectivity index (χ1) is 8.60. The molecule has 0 aliphatic carbocycles. The van der Waals surface area contributed by atoms with Gasteiger partial charge in [0, 0.05) is 17.2 Å². The first kappa shape index (κ1) is 12.4. The first-order valence-corrected chi connectivity index (χ1v) is 5.61. The molecule has 4 heteroatoms. The number of rotatable bonds is 2. The third kappa shape index (κ3) is 2.61. The van der Waals surface area contributed by atoms with Crippen LogP contribution in [0.3, 0.4) is 0 Å². The zero-order valence-corrected chi connectivity index (χ0v) is 10.3. The molecule has 2 nitrogen and oxygen atoms in total. The summed E-state index contributed by atoms with van der Waals surface area (Å²) in [6.07, 6.45) is 0. The van der Waals surface area contributed by atoms with Gasteiger partial charge < -0.3 is 4.74 Å². The van der Waals surface area contributed by atoms with Crippen LogP contribution < -0.4 is 4.74 Å². The lowest BCUT2D eigenvalue weighted by atomic mass is 10.2. The van der Waals surface area contributed by atoms with Gasteiger partial charge in [-0.1, -0.05) is 17.7 Å². The van der Waals surface area contributed by atoms with E-state index < -0.39 is 0 Å². The molecular formula is C14H9ClFNO. The highest BCUT2D eigenvalue weighted by Gasteiger charge is 2.07. The molecular weight excluding hydrogens is 253 g/mol. The highest BCUT2D eigenvalue weighted by Crippen LogP contribution is 2.28. The number of nitriles is 1. The average molecular weight is 262 g/mol. The minimum Gasteiger partial charge on any atom is -0.456 e. The average Bonchev–Trinajstić information content (AvgIpc) is 2.34. The van der Waals surface area contributed by atoms with E-state index in [2.05, 4.69) is 0 Å². The second kappa shape index (κ2) is 5.07. The van der Waals surface area contributed by atoms with Crippen molar-refractivity contribution in [1.29, 1.82) is 5.26 Å². The SMILES string of the molecule is Cc1ccc(Oc2cc(Cl)ccc2C#N)cc1F. The van der Waals surface area contributed by atoms with Gasteiger partial charge in [-0.3, -0.25) is 0 Å². The van der Waals surface area contributed by atoms with Crippen molar-refractivity contribution in [2.24, 2.45) is 0 Å². The van der Waals surface area contributed by atoms with E-state index >= 15 is 0 Å². The molecule has 2 aromatic carbocycles. The van der Waals surface area contributed by atoms with E-state index in [-0.39, 0.29) is 5.82 Å². The van der Waals surface area contributed by atoms with Gasteiger partial charge in [0.2, 0.25) is 0 Å². The number of halogens is 2. The van der Waals surface area contributed by atoms with Crippen LogP contribution in [0.5, 0.6) is 11.5 Å². The summed E-state index contributed by atoms with van der Waals surface area (Å²) in [5, 5.41) is 9.39. The molecule has 2 aromatic rings. The monoisotopic (exact) mass is 261 g/mol. The number of benzene rings is 2. The molecule has 0 bridgehead atoms. The molecule has 0 amide bonds. The Morgan fingerprint density at radius 3 is 2.67 bits per heavy atom. The van der Waals surface area contributed by atoms with E-state index in [1.165, 1.54) is 12.1 Å². The number of aryl methyl sites for hydroxylation is 1. The highest BCUT2D eigenvalue weighted by atomic mass is 35.5. The first-order valence-electron chi connectivity index (χ1n) is 5.24. The Morgan fingerprint density at radius 2 is 2.00 bits per heavy atom. The van der Waals surface area contributed by atoms with Crippen LogP contribution in [0.1, 0.15) is 11.1 Å². The molecule has 90 valence electrons. The van der Waals surface area contributed by atoms with Crippen molar-refractivity contribution in [3.05, 3.63) is 58.4 Å². The maximum Gasteiger partial charge on any atom is 0.146 e. The lowest BCUT2D eigenvalue weighted by Gasteiger charge is -2.08. The van der Waals surface area contributed by atoms with Gasteiger partial charge in [-0.2, -0.15) is 5.26 Å². The third-order valence-electron chi connectivity index (χ3n) is 2.44. The molecule has 0 saturated carbocycles. The Balaban J connectivity index is 2.36. The zero-order chi connectivity index (χ0) is 13.1. The lowest BCUT2D eigenvalue weighted by Crippen LogP contribution is -1.90. The number of hydrogen-bond donors (Lipinski definition) is 0. The Kier molecular flexibility index (Phi) is 3.50. The molecule has 0 spiro atoms. The van der Waals surface area contributed by atoms with Gasteiger partial charge in [0.1, 0.15) is 23.4 Å². The Labute approximate surface area is 109 Å². The van der Waals surface area contributed by atoms with E-state index in [4.69, 9.17) is 21.6 Å². The second-order valence-electron chi connectivity index (χ2n) is 3.77. The number of ether oxygens (including phenoxy) is 1. The van der Waals surface area contributed by atoms with Crippen molar-refractivity contribution in [3.63, 3.8) is 0 Å². The zero-order valence-electron chi connectivity index (χ0n) is 9.58. The van der Waals surface area contributed by atoms with Crippen molar-refractivity contribution in [2.75, 3.05) is 0 Å². The van der Waals surface area contributed by atoms with Crippen molar-refractivity contribution < 1.29 is 9.13 Å². The number of hydrogen-bond acceptors (Lipinski definition) is 2. The molecule has 0 radical (unpaired) electrons. The molecule has 18 heavy (non-hydrogen) atoms. The quantitative estimate of drug-likeness (QED) is 0.800. The summed E-state index contributed by atoms with van der Waals surface area (Å²) < 4.78 is 18.8. The molecule has 0 aliphatic heterocycles. The van der Waals surface area contributed by atoms with Crippen LogP contribution in [-0.4, -0.2) is 0 Å². The minimum absolute atomic E-state index is 0.313. The van der Waals surface area contributed by atoms with Gasteiger partial charge in [-0.05, 0) is 30.7 Å². The van der Waals surface area contributed by atoms with Crippen LogP contribution in [0.4, 0.5) is 4.39 Å². The van der Waals surface area contributed by atoms with Gasteiger partial charge >= 0.3 is 0 Å². The van der Waals surface area contributed by atoms with Gasteiger partial charge in [-0.25, -0.2) is 4.39 Å². The van der Waals surface area contributed by atoms with Crippen LogP contribution in [0.15, 0.2) is 36.4 Å². The standard InChI is InChI=1S/C14H9ClFNO/c1-9-2-5-12(7-13(9)16)18-14-6-11(15)4-3-10(14)8-17/h2-7H,1H3.